The van der Waals surface area contributed by atoms with Crippen molar-refractivity contribution in [1.82, 2.24) is 9.78 Å². The van der Waals surface area contributed by atoms with Gasteiger partial charge in [0, 0.05) is 17.7 Å². The van der Waals surface area contributed by atoms with Gasteiger partial charge in [0.1, 0.15) is 17.4 Å². The second-order valence-corrected chi connectivity index (χ2v) is 9.60. The average Bonchev–Trinajstić information content (AvgIpc) is 3.23. The van der Waals surface area contributed by atoms with Crippen molar-refractivity contribution in [2.75, 3.05) is 26.6 Å². The van der Waals surface area contributed by atoms with Crippen molar-refractivity contribution in [3.05, 3.63) is 54.6 Å². The van der Waals surface area contributed by atoms with E-state index in [-0.39, 0.29) is 6.61 Å². The van der Waals surface area contributed by atoms with Crippen molar-refractivity contribution in [3.63, 3.8) is 0 Å². The first-order valence-electron chi connectivity index (χ1n) is 11.7. The van der Waals surface area contributed by atoms with Gasteiger partial charge in [-0.25, -0.2) is 4.79 Å². The summed E-state index contributed by atoms with van der Waals surface area (Å²) in [5.41, 5.74) is 4.62. The monoisotopic (exact) mass is 480 g/mol. The second-order valence-electron chi connectivity index (χ2n) is 8.81. The lowest BCUT2D eigenvalue weighted by Crippen LogP contribution is -2.23. The molecule has 1 aromatic heterocycles. The van der Waals surface area contributed by atoms with Gasteiger partial charge in [-0.05, 0) is 73.6 Å². The zero-order valence-corrected chi connectivity index (χ0v) is 20.6. The Balaban J connectivity index is 1.59. The number of ether oxygens (including phenoxy) is 2. The summed E-state index contributed by atoms with van der Waals surface area (Å²) in [7, 11) is 1.68. The zero-order valence-electron chi connectivity index (χ0n) is 19.8. The van der Waals surface area contributed by atoms with E-state index in [1.807, 2.05) is 18.2 Å². The van der Waals surface area contributed by atoms with Crippen LogP contribution >= 0.6 is 11.8 Å². The maximum Gasteiger partial charge on any atom is 0.329 e. The van der Waals surface area contributed by atoms with E-state index in [9.17, 15) is 4.79 Å². The van der Waals surface area contributed by atoms with Crippen LogP contribution in [0, 0.1) is 11.8 Å². The Bertz CT molecular complexity index is 1070. The van der Waals surface area contributed by atoms with E-state index in [0.29, 0.717) is 18.4 Å². The fourth-order valence-electron chi connectivity index (χ4n) is 4.76. The average molecular weight is 481 g/mol. The number of hydrogen-bond acceptors (Lipinski definition) is 5. The molecule has 0 radical (unpaired) electrons. The largest absolute Gasteiger partial charge is 0.497 e. The van der Waals surface area contributed by atoms with Crippen LogP contribution in [0.2, 0.25) is 0 Å². The first kappa shape index (κ1) is 24.4. The Morgan fingerprint density at radius 2 is 1.71 bits per heavy atom. The molecule has 0 saturated heterocycles. The Kier molecular flexibility index (Phi) is 8.29. The summed E-state index contributed by atoms with van der Waals surface area (Å²) in [5.74, 6) is 0.906. The lowest BCUT2D eigenvalue weighted by atomic mass is 9.82. The van der Waals surface area contributed by atoms with Crippen molar-refractivity contribution >= 4 is 17.7 Å². The predicted octanol–water partition coefficient (Wildman–Crippen LogP) is 5.86. The van der Waals surface area contributed by atoms with E-state index >= 15 is 0 Å². The van der Waals surface area contributed by atoms with E-state index in [1.165, 1.54) is 11.1 Å². The minimum absolute atomic E-state index is 0.210. The standard InChI is InChI=1S/C27H32N2O4S/c1-32-23-14-12-22(13-15-23)26-25(21-6-4-3-5-7-21)27(34-2)28-29(26)16-19-8-10-20(11-9-19)17-33-18-24(30)31/h3-7,12-15,19-20H,8-11,16-18H2,1-2H3,(H,30,31). The van der Waals surface area contributed by atoms with Crippen LogP contribution in [0.5, 0.6) is 5.75 Å². The molecule has 0 unspecified atom stereocenters. The van der Waals surface area contributed by atoms with Crippen LogP contribution in [-0.2, 0) is 16.1 Å². The van der Waals surface area contributed by atoms with Crippen LogP contribution in [-0.4, -0.2) is 47.4 Å². The number of benzene rings is 2. The van der Waals surface area contributed by atoms with Crippen molar-refractivity contribution in [1.29, 1.82) is 0 Å². The number of carboxylic acid groups (broad SMARTS) is 1. The first-order valence-corrected chi connectivity index (χ1v) is 13.0. The summed E-state index contributed by atoms with van der Waals surface area (Å²) in [6.45, 7) is 1.19. The minimum Gasteiger partial charge on any atom is -0.497 e. The molecule has 1 fully saturated rings. The Labute approximate surface area is 205 Å². The van der Waals surface area contributed by atoms with Crippen molar-refractivity contribution < 1.29 is 19.4 Å². The lowest BCUT2D eigenvalue weighted by Gasteiger charge is -2.28. The summed E-state index contributed by atoms with van der Waals surface area (Å²) < 4.78 is 12.9. The molecule has 0 atom stereocenters. The van der Waals surface area contributed by atoms with Crippen molar-refractivity contribution in [3.8, 4) is 28.1 Å². The minimum atomic E-state index is -0.905. The molecule has 0 aliphatic heterocycles. The van der Waals surface area contributed by atoms with Crippen LogP contribution in [0.15, 0.2) is 59.6 Å². The number of carboxylic acids is 1. The summed E-state index contributed by atoms with van der Waals surface area (Å²) >= 11 is 1.68. The van der Waals surface area contributed by atoms with Crippen molar-refractivity contribution in [2.45, 2.75) is 37.3 Å². The Morgan fingerprint density at radius 3 is 2.32 bits per heavy atom. The topological polar surface area (TPSA) is 73.6 Å². The van der Waals surface area contributed by atoms with Crippen molar-refractivity contribution in [2.24, 2.45) is 11.8 Å². The van der Waals surface area contributed by atoms with Crippen LogP contribution < -0.4 is 4.74 Å². The SMILES string of the molecule is COc1ccc(-c2c(-c3ccccc3)c(SC)nn2CC2CCC(COCC(=O)O)CC2)cc1. The van der Waals surface area contributed by atoms with Gasteiger partial charge >= 0.3 is 5.97 Å². The number of nitrogens with zero attached hydrogens (tertiary/aromatic N) is 2. The molecule has 1 N–H and O–H groups in total. The molecular formula is C27H32N2O4S. The quantitative estimate of drug-likeness (QED) is 0.367. The fourth-order valence-corrected chi connectivity index (χ4v) is 5.36. The molecule has 4 rings (SSSR count). The maximum atomic E-state index is 10.7. The van der Waals surface area contributed by atoms with Gasteiger partial charge in [0.15, 0.2) is 0 Å². The van der Waals surface area contributed by atoms with E-state index in [4.69, 9.17) is 19.7 Å². The lowest BCUT2D eigenvalue weighted by molar-refractivity contribution is -0.142. The highest BCUT2D eigenvalue weighted by atomic mass is 32.2. The molecule has 2 aromatic carbocycles. The Hall–Kier alpha value is -2.77. The molecule has 34 heavy (non-hydrogen) atoms. The number of thioether (sulfide) groups is 1. The summed E-state index contributed by atoms with van der Waals surface area (Å²) in [6, 6.07) is 18.7. The first-order chi connectivity index (χ1) is 16.6. The number of aromatic nitrogens is 2. The highest BCUT2D eigenvalue weighted by Crippen LogP contribution is 2.40. The highest BCUT2D eigenvalue weighted by Gasteiger charge is 2.26. The van der Waals surface area contributed by atoms with Gasteiger partial charge in [-0.1, -0.05) is 30.3 Å². The molecule has 0 amide bonds. The number of hydrogen-bond donors (Lipinski definition) is 1. The molecule has 0 spiro atoms. The third kappa shape index (κ3) is 5.83. The number of carbonyl (C=O) groups is 1. The summed E-state index contributed by atoms with van der Waals surface area (Å²) in [5, 5.41) is 14.9. The second kappa shape index (κ2) is 11.6. The molecule has 6 nitrogen and oxygen atoms in total. The molecule has 1 aliphatic rings. The smallest absolute Gasteiger partial charge is 0.329 e. The zero-order chi connectivity index (χ0) is 23.9. The van der Waals surface area contributed by atoms with Gasteiger partial charge in [0.2, 0.25) is 0 Å². The van der Waals surface area contributed by atoms with E-state index in [2.05, 4.69) is 47.3 Å². The number of methoxy groups -OCH3 is 1. The van der Waals surface area contributed by atoms with Gasteiger partial charge in [0.05, 0.1) is 19.4 Å². The normalized spacial score (nSPS) is 18.1. The molecule has 3 aromatic rings. The van der Waals surface area contributed by atoms with Gasteiger partial charge < -0.3 is 14.6 Å². The number of rotatable bonds is 10. The molecule has 7 heteroatoms. The van der Waals surface area contributed by atoms with Gasteiger partial charge in [-0.2, -0.15) is 5.10 Å². The molecule has 1 saturated carbocycles. The third-order valence-corrected chi connectivity index (χ3v) is 7.19. The third-order valence-electron chi connectivity index (χ3n) is 6.52. The van der Waals surface area contributed by atoms with Gasteiger partial charge in [-0.3, -0.25) is 4.68 Å². The molecule has 1 heterocycles. The molecule has 180 valence electrons. The molecular weight excluding hydrogens is 448 g/mol. The highest BCUT2D eigenvalue weighted by molar-refractivity contribution is 7.98. The van der Waals surface area contributed by atoms with Gasteiger partial charge in [0.25, 0.3) is 0 Å². The van der Waals surface area contributed by atoms with Crippen LogP contribution in [0.25, 0.3) is 22.4 Å². The summed E-state index contributed by atoms with van der Waals surface area (Å²) in [4.78, 5) is 10.7. The van der Waals surface area contributed by atoms with Crippen LogP contribution in [0.3, 0.4) is 0 Å². The van der Waals surface area contributed by atoms with E-state index in [1.54, 1.807) is 18.9 Å². The number of aliphatic carboxylic acids is 1. The Morgan fingerprint density at radius 1 is 1.03 bits per heavy atom. The van der Waals surface area contributed by atoms with E-state index in [0.717, 1.165) is 54.3 Å². The molecule has 1 aliphatic carbocycles. The maximum absolute atomic E-state index is 10.7. The van der Waals surface area contributed by atoms with Crippen LogP contribution in [0.1, 0.15) is 25.7 Å². The molecule has 0 bridgehead atoms. The predicted molar refractivity (Wildman–Crippen MR) is 135 cm³/mol. The van der Waals surface area contributed by atoms with E-state index < -0.39 is 5.97 Å². The van der Waals surface area contributed by atoms with Gasteiger partial charge in [-0.15, -0.1) is 11.8 Å². The summed E-state index contributed by atoms with van der Waals surface area (Å²) in [6.07, 6.45) is 6.39. The van der Waals surface area contributed by atoms with Crippen LogP contribution in [0.4, 0.5) is 0 Å². The fraction of sp³-hybridized carbons (Fsp3) is 0.407.